The zero-order valence-electron chi connectivity index (χ0n) is 30.3. The molecule has 3 aromatic rings. The van der Waals surface area contributed by atoms with Gasteiger partial charge in [-0.2, -0.15) is 0 Å². The highest BCUT2D eigenvalue weighted by atomic mass is 16.5. The second-order valence-corrected chi connectivity index (χ2v) is 14.4. The number of aliphatic hydroxyl groups excluding tert-OH is 1. The van der Waals surface area contributed by atoms with Crippen LogP contribution in [0.2, 0.25) is 0 Å². The minimum absolute atomic E-state index is 0.120. The summed E-state index contributed by atoms with van der Waals surface area (Å²) >= 11 is 0. The Bertz CT molecular complexity index is 1830. The van der Waals surface area contributed by atoms with Crippen LogP contribution in [-0.2, 0) is 0 Å². The number of urea groups is 1. The number of piperidine rings is 1. The van der Waals surface area contributed by atoms with Gasteiger partial charge in [0.15, 0.2) is 0 Å². The molecular weight excluding hydrogens is 644 g/mol. The maximum absolute atomic E-state index is 13.6. The van der Waals surface area contributed by atoms with E-state index in [-0.39, 0.29) is 53.6 Å². The Hall–Kier alpha value is -5.10. The Labute approximate surface area is 300 Å². The van der Waals surface area contributed by atoms with Crippen molar-refractivity contribution in [3.05, 3.63) is 95.2 Å². The number of nitrogens with two attached hydrogens (primary N) is 1. The number of nitrogens with one attached hydrogen (secondary N) is 4. The van der Waals surface area contributed by atoms with Gasteiger partial charge in [-0.05, 0) is 81.3 Å². The number of aliphatic imine (C=N–C) groups is 1. The SMILES string of the molecule is C[C@@H](CO)Oc1cccc(N=C(/C=C(\N)C(C)(C)C)NC(=O)N[C@H]2CC[C@@H](Oc3ccc(=N)n(C(=N)N4CCCC[C@@H]4C)c3)c3ccccc32)c1. The van der Waals surface area contributed by atoms with E-state index in [0.717, 1.165) is 36.9 Å². The molecule has 51 heavy (non-hydrogen) atoms. The van der Waals surface area contributed by atoms with Crippen LogP contribution in [0.1, 0.15) is 90.0 Å². The minimum Gasteiger partial charge on any atom is -0.488 e. The molecule has 0 unspecified atom stereocenters. The smallest absolute Gasteiger partial charge is 0.320 e. The van der Waals surface area contributed by atoms with E-state index < -0.39 is 6.03 Å². The Kier molecular flexibility index (Phi) is 11.9. The van der Waals surface area contributed by atoms with Gasteiger partial charge in [-0.15, -0.1) is 0 Å². The summed E-state index contributed by atoms with van der Waals surface area (Å²) in [5.41, 5.74) is 9.30. The van der Waals surface area contributed by atoms with Crippen LogP contribution < -0.4 is 31.3 Å². The lowest BCUT2D eigenvalue weighted by Gasteiger charge is -2.36. The second-order valence-electron chi connectivity index (χ2n) is 14.4. The third kappa shape index (κ3) is 9.57. The first kappa shape index (κ1) is 37.2. The van der Waals surface area contributed by atoms with Gasteiger partial charge in [0.2, 0.25) is 5.96 Å². The summed E-state index contributed by atoms with van der Waals surface area (Å²) in [7, 11) is 0. The number of fused-ring (bicyclic) bond motifs is 1. The van der Waals surface area contributed by atoms with Crippen molar-refractivity contribution < 1.29 is 19.4 Å². The summed E-state index contributed by atoms with van der Waals surface area (Å²) < 4.78 is 13.9. The third-order valence-electron chi connectivity index (χ3n) is 9.31. The van der Waals surface area contributed by atoms with Gasteiger partial charge < -0.3 is 30.5 Å². The van der Waals surface area contributed by atoms with Gasteiger partial charge in [0, 0.05) is 35.8 Å². The van der Waals surface area contributed by atoms with Crippen molar-refractivity contribution in [3.63, 3.8) is 0 Å². The summed E-state index contributed by atoms with van der Waals surface area (Å²) in [6, 6.07) is 18.0. The van der Waals surface area contributed by atoms with Gasteiger partial charge in [-0.3, -0.25) is 20.7 Å². The van der Waals surface area contributed by atoms with Gasteiger partial charge in [0.05, 0.1) is 24.5 Å². The molecule has 0 radical (unpaired) electrons. The molecule has 1 aliphatic carbocycles. The maximum Gasteiger partial charge on any atom is 0.320 e. The van der Waals surface area contributed by atoms with Crippen LogP contribution in [0.25, 0.3) is 0 Å². The molecule has 12 nitrogen and oxygen atoms in total. The molecule has 1 aliphatic heterocycles. The number of allylic oxidation sites excluding steroid dienone is 1. The first-order valence-corrected chi connectivity index (χ1v) is 17.7. The fraction of sp³-hybridized carbons (Fsp3) is 0.436. The highest BCUT2D eigenvalue weighted by Gasteiger charge is 2.30. The number of nitrogens with zero attached hydrogens (tertiary/aromatic N) is 3. The Morgan fingerprint density at radius 3 is 2.57 bits per heavy atom. The molecule has 12 heteroatoms. The van der Waals surface area contributed by atoms with Crippen LogP contribution in [0.4, 0.5) is 10.5 Å². The van der Waals surface area contributed by atoms with Gasteiger partial charge >= 0.3 is 6.03 Å². The Balaban J connectivity index is 1.33. The second kappa shape index (κ2) is 16.3. The molecule has 0 bridgehead atoms. The highest BCUT2D eigenvalue weighted by molar-refractivity contribution is 6.05. The molecule has 2 heterocycles. The predicted molar refractivity (Wildman–Crippen MR) is 199 cm³/mol. The van der Waals surface area contributed by atoms with Gasteiger partial charge in [0.25, 0.3) is 0 Å². The van der Waals surface area contributed by atoms with Crippen LogP contribution in [0.15, 0.2) is 83.6 Å². The molecule has 0 saturated carbocycles. The average Bonchev–Trinajstić information content (AvgIpc) is 3.09. The number of amidine groups is 1. The highest BCUT2D eigenvalue weighted by Crippen LogP contribution is 2.38. The number of hydrogen-bond acceptors (Lipinski definition) is 8. The van der Waals surface area contributed by atoms with E-state index in [0.29, 0.717) is 35.7 Å². The molecule has 2 aliphatic rings. The molecule has 7 N–H and O–H groups in total. The number of ether oxygens (including phenoxy) is 2. The molecule has 272 valence electrons. The number of pyridine rings is 1. The fourth-order valence-corrected chi connectivity index (χ4v) is 6.27. The van der Waals surface area contributed by atoms with Crippen molar-refractivity contribution in [2.75, 3.05) is 13.2 Å². The van der Waals surface area contributed by atoms with E-state index in [1.165, 1.54) is 0 Å². The molecular formula is C39H52N8O4. The van der Waals surface area contributed by atoms with Crippen molar-refractivity contribution in [1.82, 2.24) is 20.1 Å². The number of carbonyl (C=O) groups is 1. The third-order valence-corrected chi connectivity index (χ3v) is 9.31. The molecule has 0 spiro atoms. The molecule has 5 rings (SSSR count). The zero-order chi connectivity index (χ0) is 36.7. The van der Waals surface area contributed by atoms with Crippen LogP contribution in [0, 0.1) is 16.2 Å². The summed E-state index contributed by atoms with van der Waals surface area (Å²) in [6.45, 7) is 10.5. The van der Waals surface area contributed by atoms with Gasteiger partial charge in [0.1, 0.15) is 35.0 Å². The molecule has 2 amide bonds. The Morgan fingerprint density at radius 2 is 1.84 bits per heavy atom. The number of benzene rings is 2. The fourth-order valence-electron chi connectivity index (χ4n) is 6.27. The lowest BCUT2D eigenvalue weighted by Crippen LogP contribution is -2.47. The average molecular weight is 697 g/mol. The largest absolute Gasteiger partial charge is 0.488 e. The quantitative estimate of drug-likeness (QED) is 0.120. The number of aromatic nitrogens is 1. The predicted octanol–water partition coefficient (Wildman–Crippen LogP) is 6.26. The van der Waals surface area contributed by atoms with E-state index in [1.807, 2.05) is 45.0 Å². The molecule has 1 saturated heterocycles. The number of aliphatic hydroxyl groups is 1. The summed E-state index contributed by atoms with van der Waals surface area (Å²) in [5, 5.41) is 32.8. The number of carbonyl (C=O) groups excluding carboxylic acids is 1. The van der Waals surface area contributed by atoms with E-state index in [9.17, 15) is 9.90 Å². The monoisotopic (exact) mass is 696 g/mol. The topological polar surface area (TPSA) is 174 Å². The normalized spacial score (nSPS) is 20.2. The lowest BCUT2D eigenvalue weighted by molar-refractivity contribution is 0.130. The van der Waals surface area contributed by atoms with Crippen LogP contribution in [-0.4, -0.2) is 57.7 Å². The van der Waals surface area contributed by atoms with Crippen LogP contribution in [0.3, 0.4) is 0 Å². The van der Waals surface area contributed by atoms with Gasteiger partial charge in [-0.1, -0.05) is 51.1 Å². The van der Waals surface area contributed by atoms with E-state index in [4.69, 9.17) is 31.0 Å². The van der Waals surface area contributed by atoms with E-state index in [2.05, 4.69) is 22.5 Å². The maximum atomic E-state index is 13.6. The minimum atomic E-state index is -0.426. The summed E-state index contributed by atoms with van der Waals surface area (Å²) in [6.07, 6.45) is 7.24. The molecule has 4 atom stereocenters. The number of hydrogen-bond donors (Lipinski definition) is 6. The lowest BCUT2D eigenvalue weighted by atomic mass is 9.85. The standard InChI is InChI=1S/C39H52N8O4/c1-25-11-8-9-20-46(25)37(42)47-23-29(16-19-35(47)41)51-33-18-17-32(30-14-6-7-15-31(30)33)44-38(49)45-36(22-34(40)39(3,4)5)43-27-12-10-13-28(21-27)50-26(2)24-48/h6-7,10,12-16,19,21-23,25-26,32-33,41-42,48H,8-9,11,17-18,20,24,40H2,1-5H3,(H2,43,44,45,49)/b34-22-,41-35?,42-37?/t25-,26-,32-,33+/m0/s1. The van der Waals surface area contributed by atoms with Crippen LogP contribution in [0.5, 0.6) is 11.5 Å². The van der Waals surface area contributed by atoms with Crippen molar-refractivity contribution in [3.8, 4) is 11.5 Å². The molecule has 2 aromatic carbocycles. The van der Waals surface area contributed by atoms with Crippen molar-refractivity contribution >= 4 is 23.5 Å². The van der Waals surface area contributed by atoms with E-state index >= 15 is 0 Å². The Morgan fingerprint density at radius 1 is 1.08 bits per heavy atom. The van der Waals surface area contributed by atoms with E-state index in [1.54, 1.807) is 60.2 Å². The van der Waals surface area contributed by atoms with Crippen molar-refractivity contribution in [2.45, 2.75) is 91.0 Å². The summed E-state index contributed by atoms with van der Waals surface area (Å²) in [5.74, 6) is 1.68. The van der Waals surface area contributed by atoms with Crippen molar-refractivity contribution in [2.24, 2.45) is 16.1 Å². The molecule has 1 aromatic heterocycles. The zero-order valence-corrected chi connectivity index (χ0v) is 30.3. The van der Waals surface area contributed by atoms with Gasteiger partial charge in [-0.25, -0.2) is 9.79 Å². The first-order chi connectivity index (χ1) is 24.3. The number of likely N-dealkylation sites (tertiary alicyclic amines) is 1. The first-order valence-electron chi connectivity index (χ1n) is 17.7. The number of amides is 2. The molecule has 1 fully saturated rings. The number of rotatable bonds is 8. The van der Waals surface area contributed by atoms with Crippen LogP contribution >= 0.6 is 0 Å². The summed E-state index contributed by atoms with van der Waals surface area (Å²) in [4.78, 5) is 20.3. The van der Waals surface area contributed by atoms with Crippen molar-refractivity contribution in [1.29, 1.82) is 10.8 Å².